The number of benzene rings is 1. The highest BCUT2D eigenvalue weighted by Gasteiger charge is 2.45. The lowest BCUT2D eigenvalue weighted by Crippen LogP contribution is -2.36. The molecular formula is C19H19F2N3O. The van der Waals surface area contributed by atoms with Gasteiger partial charge >= 0.3 is 0 Å². The van der Waals surface area contributed by atoms with Crippen molar-refractivity contribution in [3.63, 3.8) is 0 Å². The molecule has 1 heterocycles. The summed E-state index contributed by atoms with van der Waals surface area (Å²) < 4.78 is 28.2. The number of halogens is 2. The summed E-state index contributed by atoms with van der Waals surface area (Å²) in [4.78, 5) is 12.1. The van der Waals surface area contributed by atoms with Gasteiger partial charge in [-0.3, -0.25) is 4.79 Å². The summed E-state index contributed by atoms with van der Waals surface area (Å²) in [5.41, 5.74) is 8.90. The number of nitriles is 1. The summed E-state index contributed by atoms with van der Waals surface area (Å²) in [5.74, 6) is -2.84. The molecule has 0 amide bonds. The third-order valence-corrected chi connectivity index (χ3v) is 4.74. The summed E-state index contributed by atoms with van der Waals surface area (Å²) in [6, 6.07) is 10.8. The van der Waals surface area contributed by atoms with Gasteiger partial charge in [0.2, 0.25) is 5.92 Å². The molecule has 1 aliphatic rings. The average molecular weight is 343 g/mol. The molecule has 1 aromatic heterocycles. The standard InChI is InChI=1S/C19H19F2N3O/c1-12-17(18(25)11-23)7-16(6-14-8-19(20,21)9-14)24(12)15-4-2-13(10-22)3-5-15/h2-5,7,14H,6,8-9,11,23H2,1H3. The number of alkyl halides is 2. The summed E-state index contributed by atoms with van der Waals surface area (Å²) in [7, 11) is 0. The lowest BCUT2D eigenvalue weighted by atomic mass is 9.78. The molecule has 1 aromatic carbocycles. The Morgan fingerprint density at radius 3 is 2.52 bits per heavy atom. The zero-order valence-corrected chi connectivity index (χ0v) is 13.9. The Morgan fingerprint density at radius 2 is 2.00 bits per heavy atom. The first kappa shape index (κ1) is 17.3. The van der Waals surface area contributed by atoms with Gasteiger partial charge in [-0.25, -0.2) is 8.78 Å². The van der Waals surface area contributed by atoms with E-state index in [4.69, 9.17) is 11.0 Å². The van der Waals surface area contributed by atoms with Crippen LogP contribution >= 0.6 is 0 Å². The van der Waals surface area contributed by atoms with Gasteiger partial charge in [-0.2, -0.15) is 5.26 Å². The van der Waals surface area contributed by atoms with Crippen LogP contribution in [0.3, 0.4) is 0 Å². The van der Waals surface area contributed by atoms with Crippen LogP contribution < -0.4 is 5.73 Å². The third-order valence-electron chi connectivity index (χ3n) is 4.74. The number of hydrogen-bond donors (Lipinski definition) is 1. The van der Waals surface area contributed by atoms with Crippen molar-refractivity contribution in [1.29, 1.82) is 5.26 Å². The van der Waals surface area contributed by atoms with Crippen molar-refractivity contribution in [1.82, 2.24) is 4.57 Å². The van der Waals surface area contributed by atoms with Crippen LogP contribution in [0.5, 0.6) is 0 Å². The summed E-state index contributed by atoms with van der Waals surface area (Å²) in [6.45, 7) is 1.72. The molecule has 0 radical (unpaired) electrons. The van der Waals surface area contributed by atoms with Crippen molar-refractivity contribution in [2.45, 2.75) is 32.1 Å². The first-order valence-electron chi connectivity index (χ1n) is 8.17. The molecule has 1 saturated carbocycles. The lowest BCUT2D eigenvalue weighted by molar-refractivity contribution is -0.110. The number of aromatic nitrogens is 1. The van der Waals surface area contributed by atoms with Gasteiger partial charge in [-0.15, -0.1) is 0 Å². The van der Waals surface area contributed by atoms with E-state index < -0.39 is 5.92 Å². The van der Waals surface area contributed by atoms with E-state index in [-0.39, 0.29) is 31.1 Å². The molecule has 6 heteroatoms. The van der Waals surface area contributed by atoms with Crippen molar-refractivity contribution in [2.24, 2.45) is 11.7 Å². The molecule has 0 bridgehead atoms. The number of carbonyl (C=O) groups is 1. The Labute approximate surface area is 144 Å². The van der Waals surface area contributed by atoms with Gasteiger partial charge in [0.25, 0.3) is 0 Å². The van der Waals surface area contributed by atoms with Crippen LogP contribution in [0.2, 0.25) is 0 Å². The van der Waals surface area contributed by atoms with Gasteiger partial charge in [-0.1, -0.05) is 0 Å². The second-order valence-electron chi connectivity index (χ2n) is 6.59. The molecule has 3 rings (SSSR count). The number of nitrogens with two attached hydrogens (primary N) is 1. The Balaban J connectivity index is 2.00. The van der Waals surface area contributed by atoms with Gasteiger partial charge in [0, 0.05) is 35.5 Å². The number of nitrogens with zero attached hydrogens (tertiary/aromatic N) is 2. The lowest BCUT2D eigenvalue weighted by Gasteiger charge is -2.35. The highest BCUT2D eigenvalue weighted by atomic mass is 19.3. The average Bonchev–Trinajstić information content (AvgIpc) is 2.89. The monoisotopic (exact) mass is 343 g/mol. The van der Waals surface area contributed by atoms with Crippen LogP contribution in [0.4, 0.5) is 8.78 Å². The minimum atomic E-state index is -2.57. The molecule has 1 aliphatic carbocycles. The summed E-state index contributed by atoms with van der Waals surface area (Å²) in [5, 5.41) is 8.94. The molecular weight excluding hydrogens is 324 g/mol. The van der Waals surface area contributed by atoms with Crippen molar-refractivity contribution >= 4 is 5.78 Å². The van der Waals surface area contributed by atoms with Gasteiger partial charge < -0.3 is 10.3 Å². The van der Waals surface area contributed by atoms with Crippen molar-refractivity contribution in [2.75, 3.05) is 6.54 Å². The van der Waals surface area contributed by atoms with Gasteiger partial charge in [0.1, 0.15) is 0 Å². The van der Waals surface area contributed by atoms with Crippen LogP contribution in [-0.2, 0) is 6.42 Å². The number of ketones is 1. The Morgan fingerprint density at radius 1 is 1.36 bits per heavy atom. The van der Waals surface area contributed by atoms with Crippen LogP contribution in [0.15, 0.2) is 30.3 Å². The second kappa shape index (κ2) is 6.41. The Bertz CT molecular complexity index is 839. The van der Waals surface area contributed by atoms with Crippen LogP contribution in [0.1, 0.15) is 40.2 Å². The van der Waals surface area contributed by atoms with Crippen molar-refractivity contribution in [3.05, 3.63) is 52.8 Å². The maximum atomic E-state index is 13.2. The summed E-state index contributed by atoms with van der Waals surface area (Å²) in [6.07, 6.45) is 0.240. The number of Topliss-reactive ketones (excluding diaryl/α,β-unsaturated/α-hetero) is 1. The van der Waals surface area contributed by atoms with Crippen LogP contribution in [-0.4, -0.2) is 22.8 Å². The van der Waals surface area contributed by atoms with E-state index in [0.717, 1.165) is 17.1 Å². The van der Waals surface area contributed by atoms with Gasteiger partial charge in [0.15, 0.2) is 5.78 Å². The maximum absolute atomic E-state index is 13.2. The molecule has 130 valence electrons. The molecule has 1 fully saturated rings. The topological polar surface area (TPSA) is 71.8 Å². The third kappa shape index (κ3) is 3.33. The van der Waals surface area contributed by atoms with E-state index in [0.29, 0.717) is 17.5 Å². The predicted octanol–water partition coefficient (Wildman–Crippen LogP) is 3.39. The van der Waals surface area contributed by atoms with E-state index in [1.54, 1.807) is 30.3 Å². The Kier molecular flexibility index (Phi) is 4.44. The van der Waals surface area contributed by atoms with Crippen molar-refractivity contribution in [3.8, 4) is 11.8 Å². The molecule has 4 nitrogen and oxygen atoms in total. The largest absolute Gasteiger partial charge is 0.324 e. The quantitative estimate of drug-likeness (QED) is 0.846. The molecule has 0 atom stereocenters. The van der Waals surface area contributed by atoms with Gasteiger partial charge in [0.05, 0.1) is 18.2 Å². The smallest absolute Gasteiger partial charge is 0.248 e. The molecule has 0 unspecified atom stereocenters. The number of carbonyl (C=O) groups excluding carboxylic acids is 1. The maximum Gasteiger partial charge on any atom is 0.248 e. The summed E-state index contributed by atoms with van der Waals surface area (Å²) >= 11 is 0. The van der Waals surface area contributed by atoms with Crippen molar-refractivity contribution < 1.29 is 13.6 Å². The first-order valence-corrected chi connectivity index (χ1v) is 8.17. The minimum Gasteiger partial charge on any atom is -0.324 e. The fourth-order valence-corrected chi connectivity index (χ4v) is 3.48. The second-order valence-corrected chi connectivity index (χ2v) is 6.59. The molecule has 2 N–H and O–H groups in total. The SMILES string of the molecule is Cc1c(C(=O)CN)cc(CC2CC(F)(F)C2)n1-c1ccc(C#N)cc1. The van der Waals surface area contributed by atoms with Gasteiger partial charge in [-0.05, 0) is 49.6 Å². The minimum absolute atomic E-state index is 0.0951. The van der Waals surface area contributed by atoms with E-state index in [2.05, 4.69) is 6.07 Å². The highest BCUT2D eigenvalue weighted by Crippen LogP contribution is 2.44. The Hall–Kier alpha value is -2.52. The number of rotatable bonds is 5. The zero-order chi connectivity index (χ0) is 18.2. The molecule has 2 aromatic rings. The predicted molar refractivity (Wildman–Crippen MR) is 90.0 cm³/mol. The first-order chi connectivity index (χ1) is 11.8. The van der Waals surface area contributed by atoms with Crippen LogP contribution in [0.25, 0.3) is 5.69 Å². The van der Waals surface area contributed by atoms with E-state index in [1.807, 2.05) is 11.5 Å². The highest BCUT2D eigenvalue weighted by molar-refractivity contribution is 5.99. The fraction of sp³-hybridized carbons (Fsp3) is 0.368. The number of hydrogen-bond acceptors (Lipinski definition) is 3. The van der Waals surface area contributed by atoms with Crippen LogP contribution in [0, 0.1) is 24.2 Å². The molecule has 0 saturated heterocycles. The zero-order valence-electron chi connectivity index (χ0n) is 13.9. The fourth-order valence-electron chi connectivity index (χ4n) is 3.48. The van der Waals surface area contributed by atoms with E-state index in [1.165, 1.54) is 0 Å². The molecule has 25 heavy (non-hydrogen) atoms. The molecule has 0 spiro atoms. The van der Waals surface area contributed by atoms with E-state index >= 15 is 0 Å². The molecule has 0 aliphatic heterocycles. The normalized spacial score (nSPS) is 16.3. The van der Waals surface area contributed by atoms with E-state index in [9.17, 15) is 13.6 Å².